The van der Waals surface area contributed by atoms with Crippen LogP contribution < -0.4 is 14.8 Å². The third kappa shape index (κ3) is 3.92. The minimum absolute atomic E-state index is 0.428. The molecule has 0 fully saturated rings. The topological polar surface area (TPSA) is 30.5 Å². The molecule has 0 amide bonds. The summed E-state index contributed by atoms with van der Waals surface area (Å²) in [5.41, 5.74) is 1.61. The molecule has 0 atom stereocenters. The van der Waals surface area contributed by atoms with Gasteiger partial charge in [-0.15, -0.1) is 0 Å². The zero-order valence-corrected chi connectivity index (χ0v) is 12.0. The van der Waals surface area contributed by atoms with Crippen LogP contribution in [-0.2, 0) is 13.1 Å². The number of halogens is 2. The molecular formula is C16H17F2NO2. The Morgan fingerprint density at radius 1 is 0.905 bits per heavy atom. The number of ether oxygens (including phenoxy) is 2. The van der Waals surface area contributed by atoms with E-state index >= 15 is 0 Å². The third-order valence-corrected chi connectivity index (χ3v) is 3.12. The molecule has 21 heavy (non-hydrogen) atoms. The van der Waals surface area contributed by atoms with Crippen LogP contribution in [0.3, 0.4) is 0 Å². The van der Waals surface area contributed by atoms with E-state index in [-0.39, 0.29) is 0 Å². The van der Waals surface area contributed by atoms with Gasteiger partial charge in [-0.1, -0.05) is 6.07 Å². The molecule has 0 unspecified atom stereocenters. The molecule has 0 aliphatic carbocycles. The highest BCUT2D eigenvalue weighted by molar-refractivity contribution is 5.40. The number of rotatable bonds is 6. The van der Waals surface area contributed by atoms with E-state index in [1.54, 1.807) is 20.3 Å². The van der Waals surface area contributed by atoms with Crippen molar-refractivity contribution in [1.29, 1.82) is 0 Å². The van der Waals surface area contributed by atoms with Crippen LogP contribution in [0.15, 0.2) is 36.4 Å². The maximum Gasteiger partial charge on any atom is 0.159 e. The summed E-state index contributed by atoms with van der Waals surface area (Å²) < 4.78 is 36.4. The second kappa shape index (κ2) is 7.04. The predicted octanol–water partition coefficient (Wildman–Crippen LogP) is 3.27. The molecule has 0 aromatic heterocycles. The molecule has 1 N–H and O–H groups in total. The van der Waals surface area contributed by atoms with Gasteiger partial charge in [0.1, 0.15) is 11.5 Å². The van der Waals surface area contributed by atoms with Gasteiger partial charge in [0.2, 0.25) is 0 Å². The molecule has 0 radical (unpaired) electrons. The van der Waals surface area contributed by atoms with Gasteiger partial charge in [-0.2, -0.15) is 0 Å². The summed E-state index contributed by atoms with van der Waals surface area (Å²) in [6.45, 7) is 0.955. The van der Waals surface area contributed by atoms with Crippen molar-refractivity contribution in [3.8, 4) is 11.5 Å². The van der Waals surface area contributed by atoms with Crippen molar-refractivity contribution in [3.05, 3.63) is 59.2 Å². The zero-order chi connectivity index (χ0) is 15.2. The largest absolute Gasteiger partial charge is 0.497 e. The molecule has 2 rings (SSSR count). The van der Waals surface area contributed by atoms with E-state index in [1.165, 1.54) is 6.07 Å². The van der Waals surface area contributed by atoms with Gasteiger partial charge < -0.3 is 14.8 Å². The Bertz CT molecular complexity index is 617. The van der Waals surface area contributed by atoms with Gasteiger partial charge >= 0.3 is 0 Å². The fourth-order valence-corrected chi connectivity index (χ4v) is 2.01. The second-order valence-corrected chi connectivity index (χ2v) is 4.53. The van der Waals surface area contributed by atoms with Gasteiger partial charge in [0.05, 0.1) is 14.2 Å². The number of hydrogen-bond donors (Lipinski definition) is 1. The van der Waals surface area contributed by atoms with Crippen LogP contribution in [0, 0.1) is 11.6 Å². The lowest BCUT2D eigenvalue weighted by atomic mass is 10.1. The van der Waals surface area contributed by atoms with E-state index in [0.717, 1.165) is 23.1 Å². The first-order chi connectivity index (χ1) is 10.1. The fourth-order valence-electron chi connectivity index (χ4n) is 2.01. The lowest BCUT2D eigenvalue weighted by Crippen LogP contribution is -2.13. The molecule has 0 aliphatic heterocycles. The second-order valence-electron chi connectivity index (χ2n) is 4.53. The predicted molar refractivity (Wildman–Crippen MR) is 76.4 cm³/mol. The van der Waals surface area contributed by atoms with Gasteiger partial charge in [-0.05, 0) is 35.9 Å². The summed E-state index contributed by atoms with van der Waals surface area (Å²) in [5.74, 6) is -0.199. The first-order valence-corrected chi connectivity index (χ1v) is 6.49. The Labute approximate surface area is 122 Å². The Kier molecular flexibility index (Phi) is 5.11. The van der Waals surface area contributed by atoms with Crippen LogP contribution >= 0.6 is 0 Å². The first-order valence-electron chi connectivity index (χ1n) is 6.49. The van der Waals surface area contributed by atoms with E-state index < -0.39 is 11.6 Å². The van der Waals surface area contributed by atoms with Gasteiger partial charge in [0.25, 0.3) is 0 Å². The monoisotopic (exact) mass is 293 g/mol. The highest BCUT2D eigenvalue weighted by Gasteiger charge is 2.06. The number of nitrogens with one attached hydrogen (secondary N) is 1. The number of hydrogen-bond acceptors (Lipinski definition) is 3. The molecule has 0 saturated heterocycles. The van der Waals surface area contributed by atoms with Crippen molar-refractivity contribution in [2.45, 2.75) is 13.1 Å². The average Bonchev–Trinajstić information content (AvgIpc) is 2.50. The molecule has 3 nitrogen and oxygen atoms in total. The molecule has 0 heterocycles. The molecule has 112 valence electrons. The summed E-state index contributed by atoms with van der Waals surface area (Å²) in [4.78, 5) is 0. The third-order valence-electron chi connectivity index (χ3n) is 3.12. The van der Waals surface area contributed by atoms with Crippen LogP contribution in [0.4, 0.5) is 8.78 Å². The number of methoxy groups -OCH3 is 2. The van der Waals surface area contributed by atoms with Crippen LogP contribution in [0.25, 0.3) is 0 Å². The van der Waals surface area contributed by atoms with Crippen LogP contribution in [-0.4, -0.2) is 14.2 Å². The molecule has 5 heteroatoms. The van der Waals surface area contributed by atoms with Gasteiger partial charge in [0.15, 0.2) is 11.6 Å². The van der Waals surface area contributed by atoms with Crippen molar-refractivity contribution < 1.29 is 18.3 Å². The van der Waals surface area contributed by atoms with Gasteiger partial charge in [-0.25, -0.2) is 8.78 Å². The van der Waals surface area contributed by atoms with E-state index in [0.29, 0.717) is 18.7 Å². The molecule has 2 aromatic carbocycles. The standard InChI is InChI=1S/C16H17F2NO2/c1-20-13-4-6-16(21-2)12(8-13)10-19-9-11-3-5-14(17)15(18)7-11/h3-8,19H,9-10H2,1-2H3. The average molecular weight is 293 g/mol. The summed E-state index contributed by atoms with van der Waals surface area (Å²) in [7, 11) is 3.20. The fraction of sp³-hybridized carbons (Fsp3) is 0.250. The zero-order valence-electron chi connectivity index (χ0n) is 12.0. The smallest absolute Gasteiger partial charge is 0.159 e. The van der Waals surface area contributed by atoms with E-state index in [9.17, 15) is 8.78 Å². The highest BCUT2D eigenvalue weighted by Crippen LogP contribution is 2.23. The van der Waals surface area contributed by atoms with Crippen molar-refractivity contribution in [2.24, 2.45) is 0 Å². The van der Waals surface area contributed by atoms with Gasteiger partial charge in [0, 0.05) is 18.7 Å². The minimum Gasteiger partial charge on any atom is -0.497 e. The Morgan fingerprint density at radius 3 is 2.38 bits per heavy atom. The minimum atomic E-state index is -0.840. The lowest BCUT2D eigenvalue weighted by molar-refractivity contribution is 0.397. The summed E-state index contributed by atoms with van der Waals surface area (Å²) in [6.07, 6.45) is 0. The molecule has 0 spiro atoms. The van der Waals surface area contributed by atoms with Crippen molar-refractivity contribution in [3.63, 3.8) is 0 Å². The lowest BCUT2D eigenvalue weighted by Gasteiger charge is -2.11. The van der Waals surface area contributed by atoms with Crippen LogP contribution in [0.2, 0.25) is 0 Å². The van der Waals surface area contributed by atoms with E-state index in [2.05, 4.69) is 5.32 Å². The first kappa shape index (κ1) is 15.3. The summed E-state index contributed by atoms with van der Waals surface area (Å²) in [6, 6.07) is 9.38. The van der Waals surface area contributed by atoms with Crippen molar-refractivity contribution in [2.75, 3.05) is 14.2 Å². The maximum absolute atomic E-state index is 13.1. The van der Waals surface area contributed by atoms with E-state index in [4.69, 9.17) is 9.47 Å². The normalized spacial score (nSPS) is 10.5. The summed E-state index contributed by atoms with van der Waals surface area (Å²) >= 11 is 0. The molecule has 0 saturated carbocycles. The Hall–Kier alpha value is -2.14. The number of benzene rings is 2. The SMILES string of the molecule is COc1ccc(OC)c(CNCc2ccc(F)c(F)c2)c1. The van der Waals surface area contributed by atoms with Gasteiger partial charge in [-0.3, -0.25) is 0 Å². The van der Waals surface area contributed by atoms with Crippen LogP contribution in [0.5, 0.6) is 11.5 Å². The maximum atomic E-state index is 13.1. The summed E-state index contributed by atoms with van der Waals surface area (Å²) in [5, 5.41) is 3.17. The Balaban J connectivity index is 2.00. The van der Waals surface area contributed by atoms with Crippen molar-refractivity contribution in [1.82, 2.24) is 5.32 Å². The van der Waals surface area contributed by atoms with Crippen LogP contribution in [0.1, 0.15) is 11.1 Å². The van der Waals surface area contributed by atoms with E-state index in [1.807, 2.05) is 18.2 Å². The quantitative estimate of drug-likeness (QED) is 0.886. The molecule has 0 aliphatic rings. The van der Waals surface area contributed by atoms with Crippen molar-refractivity contribution >= 4 is 0 Å². The highest BCUT2D eigenvalue weighted by atomic mass is 19.2. The Morgan fingerprint density at radius 2 is 1.71 bits per heavy atom. The molecule has 0 bridgehead atoms. The molecule has 2 aromatic rings. The molecular weight excluding hydrogens is 276 g/mol.